The number of nitrogens with zero attached hydrogens (tertiary/aromatic N) is 2. The molecular weight excluding hydrogens is 480 g/mol. The Balaban J connectivity index is 1.84. The van der Waals surface area contributed by atoms with Gasteiger partial charge in [0.05, 0.1) is 12.6 Å². The Labute approximate surface area is 230 Å². The number of hydrogen-bond donors (Lipinski definition) is 1. The largest absolute Gasteiger partial charge is 0.481 e. The molecule has 0 bridgehead atoms. The molecule has 0 amide bonds. The van der Waals surface area contributed by atoms with Gasteiger partial charge < -0.3 is 14.7 Å². The molecule has 5 rings (SSSR count). The van der Waals surface area contributed by atoms with Crippen molar-refractivity contribution >= 4 is 21.7 Å². The van der Waals surface area contributed by atoms with Crippen molar-refractivity contribution in [1.29, 1.82) is 0 Å². The number of pyridine rings is 1. The molecule has 1 heterocycles. The normalized spacial score (nSPS) is 13.6. The molecule has 1 aromatic heterocycles. The van der Waals surface area contributed by atoms with E-state index in [1.165, 1.54) is 0 Å². The summed E-state index contributed by atoms with van der Waals surface area (Å²) in [7, 11) is 5.72. The van der Waals surface area contributed by atoms with E-state index in [-0.39, 0.29) is 0 Å². The van der Waals surface area contributed by atoms with Crippen molar-refractivity contribution in [3.8, 4) is 17.7 Å². The number of fused-ring (bicyclic) bond motifs is 2. The second-order valence-corrected chi connectivity index (χ2v) is 10.2. The summed E-state index contributed by atoms with van der Waals surface area (Å²) in [5, 5.41) is 16.2. The molecule has 5 aromatic rings. The molecule has 1 N–H and O–H groups in total. The van der Waals surface area contributed by atoms with E-state index in [0.29, 0.717) is 18.8 Å². The van der Waals surface area contributed by atoms with Gasteiger partial charge in [0, 0.05) is 29.0 Å². The summed E-state index contributed by atoms with van der Waals surface area (Å²) < 4.78 is 5.92. The Morgan fingerprint density at radius 1 is 0.897 bits per heavy atom. The van der Waals surface area contributed by atoms with Crippen molar-refractivity contribution in [3.05, 3.63) is 119 Å². The minimum Gasteiger partial charge on any atom is -0.481 e. The molecule has 0 saturated heterocycles. The van der Waals surface area contributed by atoms with Gasteiger partial charge in [-0.2, -0.15) is 0 Å². The second kappa shape index (κ2) is 11.3. The molecule has 2 unspecified atom stereocenters. The summed E-state index contributed by atoms with van der Waals surface area (Å²) in [5.74, 6) is 6.20. The van der Waals surface area contributed by atoms with Crippen molar-refractivity contribution in [3.63, 3.8) is 0 Å². The monoisotopic (exact) mass is 514 g/mol. The first-order valence-electron chi connectivity index (χ1n) is 13.3. The van der Waals surface area contributed by atoms with Crippen molar-refractivity contribution < 1.29 is 9.84 Å². The van der Waals surface area contributed by atoms with Gasteiger partial charge in [0.25, 0.3) is 0 Å². The third-order valence-electron chi connectivity index (χ3n) is 7.39. The molecule has 4 nitrogen and oxygen atoms in total. The van der Waals surface area contributed by atoms with Crippen molar-refractivity contribution in [2.24, 2.45) is 0 Å². The second-order valence-electron chi connectivity index (χ2n) is 10.2. The topological polar surface area (TPSA) is 45.6 Å². The van der Waals surface area contributed by atoms with Gasteiger partial charge in [0.15, 0.2) is 0 Å². The molecule has 2 atom stereocenters. The summed E-state index contributed by atoms with van der Waals surface area (Å²) in [6.45, 7) is 2.53. The van der Waals surface area contributed by atoms with Crippen LogP contribution in [-0.2, 0) is 5.60 Å². The highest BCUT2D eigenvalue weighted by atomic mass is 16.5. The van der Waals surface area contributed by atoms with Crippen LogP contribution in [0.3, 0.4) is 0 Å². The zero-order valence-corrected chi connectivity index (χ0v) is 23.0. The fourth-order valence-corrected chi connectivity index (χ4v) is 5.56. The number of benzene rings is 4. The standard InChI is InChI=1S/C35H34N2O2/c1-5-12-25-19-20-32-28(23-25)24-30(34(36-32)39-4)33(27-14-7-6-8-15-27)35(38,21-22-37(2)3)31-18-11-16-26-13-9-10-17-29(26)31/h6-11,13-20,23-24,33,38H,21-22H2,1-4H3. The van der Waals surface area contributed by atoms with Crippen molar-refractivity contribution in [2.45, 2.75) is 24.9 Å². The number of ether oxygens (including phenoxy) is 1. The number of aliphatic hydroxyl groups is 1. The van der Waals surface area contributed by atoms with Gasteiger partial charge in [-0.3, -0.25) is 0 Å². The number of rotatable bonds is 8. The van der Waals surface area contributed by atoms with Gasteiger partial charge in [-0.05, 0) is 73.6 Å². The molecule has 0 saturated carbocycles. The Kier molecular flexibility index (Phi) is 7.65. The highest BCUT2D eigenvalue weighted by Crippen LogP contribution is 2.48. The molecule has 4 heteroatoms. The molecule has 4 aromatic carbocycles. The van der Waals surface area contributed by atoms with E-state index in [1.807, 2.05) is 69.6 Å². The Hall–Kier alpha value is -4.17. The van der Waals surface area contributed by atoms with Gasteiger partial charge in [0.1, 0.15) is 5.60 Å². The zero-order valence-electron chi connectivity index (χ0n) is 23.0. The van der Waals surface area contributed by atoms with Crippen LogP contribution in [0, 0.1) is 11.8 Å². The molecule has 39 heavy (non-hydrogen) atoms. The average molecular weight is 515 g/mol. The van der Waals surface area contributed by atoms with Crippen LogP contribution in [-0.4, -0.2) is 42.7 Å². The van der Waals surface area contributed by atoms with Crippen LogP contribution in [0.15, 0.2) is 97.1 Å². The third-order valence-corrected chi connectivity index (χ3v) is 7.39. The Morgan fingerprint density at radius 2 is 1.64 bits per heavy atom. The molecule has 0 aliphatic carbocycles. The number of methoxy groups -OCH3 is 1. The molecule has 0 aliphatic rings. The van der Waals surface area contributed by atoms with E-state index in [4.69, 9.17) is 9.72 Å². The third kappa shape index (κ3) is 5.25. The minimum absolute atomic E-state index is 0.447. The summed E-state index contributed by atoms with van der Waals surface area (Å²) >= 11 is 0. The highest BCUT2D eigenvalue weighted by molar-refractivity contribution is 5.87. The molecule has 0 aliphatic heterocycles. The summed E-state index contributed by atoms with van der Waals surface area (Å²) in [5.41, 5.74) is 3.21. The zero-order chi connectivity index (χ0) is 27.4. The van der Waals surface area contributed by atoms with E-state index < -0.39 is 11.5 Å². The number of aromatic nitrogens is 1. The lowest BCUT2D eigenvalue weighted by molar-refractivity contribution is 0.00520. The van der Waals surface area contributed by atoms with Crippen LogP contribution in [0.5, 0.6) is 5.88 Å². The van der Waals surface area contributed by atoms with Crippen LogP contribution in [0.1, 0.15) is 41.5 Å². The predicted molar refractivity (Wildman–Crippen MR) is 160 cm³/mol. The quantitative estimate of drug-likeness (QED) is 0.233. The van der Waals surface area contributed by atoms with Crippen LogP contribution in [0.25, 0.3) is 21.7 Å². The summed E-state index contributed by atoms with van der Waals surface area (Å²) in [6, 6.07) is 32.8. The minimum atomic E-state index is -1.27. The number of hydrogen-bond acceptors (Lipinski definition) is 4. The van der Waals surface area contributed by atoms with E-state index in [2.05, 4.69) is 65.3 Å². The highest BCUT2D eigenvalue weighted by Gasteiger charge is 2.43. The molecule has 0 radical (unpaired) electrons. The molecule has 0 fully saturated rings. The van der Waals surface area contributed by atoms with Crippen LogP contribution >= 0.6 is 0 Å². The van der Waals surface area contributed by atoms with Crippen LogP contribution < -0.4 is 4.74 Å². The smallest absolute Gasteiger partial charge is 0.217 e. The van der Waals surface area contributed by atoms with Gasteiger partial charge in [-0.25, -0.2) is 4.98 Å². The SMILES string of the molecule is CC#Cc1ccc2nc(OC)c(C(c3ccccc3)C(O)(CCN(C)C)c3cccc4ccccc34)cc2c1. The van der Waals surface area contributed by atoms with E-state index >= 15 is 0 Å². The maximum atomic E-state index is 13.1. The Morgan fingerprint density at radius 3 is 2.38 bits per heavy atom. The maximum Gasteiger partial charge on any atom is 0.217 e. The van der Waals surface area contributed by atoms with E-state index in [0.717, 1.165) is 43.9 Å². The Bertz CT molecular complexity index is 1660. The van der Waals surface area contributed by atoms with Crippen LogP contribution in [0.4, 0.5) is 0 Å². The first-order chi connectivity index (χ1) is 18.9. The lowest BCUT2D eigenvalue weighted by Crippen LogP contribution is -2.38. The first-order valence-corrected chi connectivity index (χ1v) is 13.3. The van der Waals surface area contributed by atoms with Crippen LogP contribution in [0.2, 0.25) is 0 Å². The summed E-state index contributed by atoms with van der Waals surface area (Å²) in [4.78, 5) is 7.03. The van der Waals surface area contributed by atoms with Gasteiger partial charge in [-0.1, -0.05) is 78.7 Å². The maximum absolute atomic E-state index is 13.1. The fraction of sp³-hybridized carbons (Fsp3) is 0.229. The van der Waals surface area contributed by atoms with Crippen molar-refractivity contribution in [1.82, 2.24) is 9.88 Å². The van der Waals surface area contributed by atoms with Gasteiger partial charge in [0.2, 0.25) is 5.88 Å². The molecular formula is C35H34N2O2. The lowest BCUT2D eigenvalue weighted by atomic mass is 9.70. The summed E-state index contributed by atoms with van der Waals surface area (Å²) in [6.07, 6.45) is 0.510. The molecule has 196 valence electrons. The van der Waals surface area contributed by atoms with Gasteiger partial charge >= 0.3 is 0 Å². The average Bonchev–Trinajstić information content (AvgIpc) is 2.96. The molecule has 0 spiro atoms. The van der Waals surface area contributed by atoms with E-state index in [9.17, 15) is 5.11 Å². The predicted octanol–water partition coefficient (Wildman–Crippen LogP) is 6.74. The lowest BCUT2D eigenvalue weighted by Gasteiger charge is -2.39. The van der Waals surface area contributed by atoms with E-state index in [1.54, 1.807) is 7.11 Å². The first kappa shape index (κ1) is 26.4. The van der Waals surface area contributed by atoms with Crippen molar-refractivity contribution in [2.75, 3.05) is 27.7 Å². The van der Waals surface area contributed by atoms with Gasteiger partial charge in [-0.15, -0.1) is 5.92 Å². The fourth-order valence-electron chi connectivity index (χ4n) is 5.56.